The van der Waals surface area contributed by atoms with Crippen LogP contribution < -0.4 is 5.32 Å². The molecule has 5 nitrogen and oxygen atoms in total. The molecule has 0 aliphatic heterocycles. The van der Waals surface area contributed by atoms with E-state index in [-0.39, 0.29) is 19.0 Å². The van der Waals surface area contributed by atoms with E-state index >= 15 is 0 Å². The minimum Gasteiger partial charge on any atom is -0.395 e. The second kappa shape index (κ2) is 8.68. The molecule has 0 aliphatic carbocycles. The van der Waals surface area contributed by atoms with E-state index < -0.39 is 0 Å². The quantitative estimate of drug-likeness (QED) is 0.766. The Hall–Kier alpha value is -1.43. The molecule has 0 atom stereocenters. The van der Waals surface area contributed by atoms with Crippen molar-refractivity contribution in [1.82, 2.24) is 20.3 Å². The SMILES string of the molecule is CCCn1nc(CNCCO)c(-c2ccccc2)n1.Cl. The molecule has 0 aliphatic rings. The van der Waals surface area contributed by atoms with Gasteiger partial charge in [-0.25, -0.2) is 0 Å². The molecule has 0 bridgehead atoms. The zero-order valence-corrected chi connectivity index (χ0v) is 12.4. The third-order valence-corrected chi connectivity index (χ3v) is 2.78. The number of nitrogens with one attached hydrogen (secondary N) is 1. The Bertz CT molecular complexity index is 501. The van der Waals surface area contributed by atoms with Crippen LogP contribution in [-0.4, -0.2) is 33.3 Å². The van der Waals surface area contributed by atoms with Gasteiger partial charge in [0.05, 0.1) is 13.2 Å². The van der Waals surface area contributed by atoms with E-state index in [1.54, 1.807) is 4.80 Å². The molecule has 20 heavy (non-hydrogen) atoms. The largest absolute Gasteiger partial charge is 0.395 e. The molecule has 2 aromatic rings. The molecule has 2 N–H and O–H groups in total. The number of aromatic nitrogens is 3. The highest BCUT2D eigenvalue weighted by molar-refractivity contribution is 5.85. The molecule has 0 saturated heterocycles. The molecule has 6 heteroatoms. The van der Waals surface area contributed by atoms with Gasteiger partial charge >= 0.3 is 0 Å². The van der Waals surface area contributed by atoms with E-state index in [1.807, 2.05) is 30.3 Å². The average Bonchev–Trinajstić information content (AvgIpc) is 2.84. The Morgan fingerprint density at radius 3 is 2.60 bits per heavy atom. The van der Waals surface area contributed by atoms with E-state index in [0.717, 1.165) is 29.9 Å². The fourth-order valence-corrected chi connectivity index (χ4v) is 1.91. The van der Waals surface area contributed by atoms with Crippen LogP contribution in [0.2, 0.25) is 0 Å². The number of benzene rings is 1. The molecule has 0 radical (unpaired) electrons. The van der Waals surface area contributed by atoms with Gasteiger partial charge in [-0.2, -0.15) is 15.0 Å². The predicted molar refractivity (Wildman–Crippen MR) is 81.8 cm³/mol. The Morgan fingerprint density at radius 1 is 1.20 bits per heavy atom. The molecule has 2 rings (SSSR count). The zero-order chi connectivity index (χ0) is 13.5. The number of hydrogen-bond donors (Lipinski definition) is 2. The molecular formula is C14H21ClN4O. The average molecular weight is 297 g/mol. The van der Waals surface area contributed by atoms with Gasteiger partial charge in [-0.3, -0.25) is 0 Å². The fraction of sp³-hybridized carbons (Fsp3) is 0.429. The summed E-state index contributed by atoms with van der Waals surface area (Å²) in [4.78, 5) is 1.75. The molecular weight excluding hydrogens is 276 g/mol. The Kier molecular flexibility index (Phi) is 7.22. The van der Waals surface area contributed by atoms with Crippen LogP contribution in [0.15, 0.2) is 30.3 Å². The first-order valence-corrected chi connectivity index (χ1v) is 6.66. The Balaban J connectivity index is 0.00000200. The summed E-state index contributed by atoms with van der Waals surface area (Å²) in [6.07, 6.45) is 1.01. The highest BCUT2D eigenvalue weighted by Gasteiger charge is 2.12. The van der Waals surface area contributed by atoms with Crippen LogP contribution >= 0.6 is 12.4 Å². The van der Waals surface area contributed by atoms with E-state index in [2.05, 4.69) is 22.4 Å². The maximum Gasteiger partial charge on any atom is 0.117 e. The number of halogens is 1. The van der Waals surface area contributed by atoms with Crippen LogP contribution in [0.1, 0.15) is 19.0 Å². The van der Waals surface area contributed by atoms with Gasteiger partial charge in [-0.05, 0) is 6.42 Å². The van der Waals surface area contributed by atoms with Crippen LogP contribution in [0.5, 0.6) is 0 Å². The molecule has 0 saturated carbocycles. The molecule has 0 unspecified atom stereocenters. The standard InChI is InChI=1S/C14H20N4O.ClH/c1-2-9-18-16-13(11-15-8-10-19)14(17-18)12-6-4-3-5-7-12;/h3-7,15,19H,2,8-11H2,1H3;1H. The van der Waals surface area contributed by atoms with E-state index in [4.69, 9.17) is 5.11 Å². The van der Waals surface area contributed by atoms with Crippen molar-refractivity contribution in [2.45, 2.75) is 26.4 Å². The first-order chi connectivity index (χ1) is 9.35. The second-order valence-corrected chi connectivity index (χ2v) is 4.36. The summed E-state index contributed by atoms with van der Waals surface area (Å²) in [5, 5.41) is 21.0. The first-order valence-electron chi connectivity index (χ1n) is 6.66. The van der Waals surface area contributed by atoms with Gasteiger partial charge in [-0.1, -0.05) is 37.3 Å². The summed E-state index contributed by atoms with van der Waals surface area (Å²) >= 11 is 0. The van der Waals surface area contributed by atoms with Crippen LogP contribution in [0.4, 0.5) is 0 Å². The topological polar surface area (TPSA) is 63.0 Å². The highest BCUT2D eigenvalue weighted by Crippen LogP contribution is 2.19. The van der Waals surface area contributed by atoms with Crippen LogP contribution in [0.25, 0.3) is 11.3 Å². The first kappa shape index (κ1) is 16.6. The maximum atomic E-state index is 8.82. The third kappa shape index (κ3) is 4.30. The van der Waals surface area contributed by atoms with Gasteiger partial charge < -0.3 is 10.4 Å². The summed E-state index contributed by atoms with van der Waals surface area (Å²) in [5.41, 5.74) is 2.92. The fourth-order valence-electron chi connectivity index (χ4n) is 1.91. The van der Waals surface area contributed by atoms with E-state index in [9.17, 15) is 0 Å². The molecule has 110 valence electrons. The smallest absolute Gasteiger partial charge is 0.117 e. The van der Waals surface area contributed by atoms with Crippen LogP contribution in [-0.2, 0) is 13.1 Å². The van der Waals surface area contributed by atoms with Gasteiger partial charge in [0.15, 0.2) is 0 Å². The third-order valence-electron chi connectivity index (χ3n) is 2.78. The predicted octanol–water partition coefficient (Wildman–Crippen LogP) is 1.86. The monoisotopic (exact) mass is 296 g/mol. The number of rotatable bonds is 7. The highest BCUT2D eigenvalue weighted by atomic mass is 35.5. The van der Waals surface area contributed by atoms with E-state index in [1.165, 1.54) is 0 Å². The molecule has 0 spiro atoms. The minimum atomic E-state index is 0. The lowest BCUT2D eigenvalue weighted by Gasteiger charge is -2.01. The van der Waals surface area contributed by atoms with Crippen molar-refractivity contribution in [1.29, 1.82) is 0 Å². The van der Waals surface area contributed by atoms with Crippen molar-refractivity contribution in [3.8, 4) is 11.3 Å². The van der Waals surface area contributed by atoms with E-state index in [0.29, 0.717) is 13.1 Å². The molecule has 1 heterocycles. The van der Waals surface area contributed by atoms with Crippen molar-refractivity contribution in [2.24, 2.45) is 0 Å². The number of nitrogens with zero attached hydrogens (tertiary/aromatic N) is 3. The maximum absolute atomic E-state index is 8.82. The van der Waals surface area contributed by atoms with Gasteiger partial charge in [0.25, 0.3) is 0 Å². The number of hydrogen-bond acceptors (Lipinski definition) is 4. The summed E-state index contributed by atoms with van der Waals surface area (Å²) in [7, 11) is 0. The lowest BCUT2D eigenvalue weighted by molar-refractivity contribution is 0.291. The van der Waals surface area contributed by atoms with Gasteiger partial charge in [0.2, 0.25) is 0 Å². The number of aliphatic hydroxyl groups is 1. The van der Waals surface area contributed by atoms with Crippen LogP contribution in [0.3, 0.4) is 0 Å². The summed E-state index contributed by atoms with van der Waals surface area (Å²) in [5.74, 6) is 0. The van der Waals surface area contributed by atoms with Gasteiger partial charge in [0, 0.05) is 18.7 Å². The lowest BCUT2D eigenvalue weighted by Crippen LogP contribution is -2.18. The van der Waals surface area contributed by atoms with Gasteiger partial charge in [0.1, 0.15) is 11.4 Å². The summed E-state index contributed by atoms with van der Waals surface area (Å²) in [6, 6.07) is 10.1. The van der Waals surface area contributed by atoms with Crippen molar-refractivity contribution in [3.05, 3.63) is 36.0 Å². The second-order valence-electron chi connectivity index (χ2n) is 4.36. The summed E-state index contributed by atoms with van der Waals surface area (Å²) in [6.45, 7) is 4.24. The molecule has 0 amide bonds. The zero-order valence-electron chi connectivity index (χ0n) is 11.6. The summed E-state index contributed by atoms with van der Waals surface area (Å²) < 4.78 is 0. The van der Waals surface area contributed by atoms with Crippen molar-refractivity contribution in [3.63, 3.8) is 0 Å². The van der Waals surface area contributed by atoms with Crippen molar-refractivity contribution in [2.75, 3.05) is 13.2 Å². The lowest BCUT2D eigenvalue weighted by atomic mass is 10.1. The van der Waals surface area contributed by atoms with Crippen molar-refractivity contribution < 1.29 is 5.11 Å². The normalized spacial score (nSPS) is 10.3. The van der Waals surface area contributed by atoms with Crippen LogP contribution in [0, 0.1) is 0 Å². The molecule has 0 fully saturated rings. The number of aliphatic hydroxyl groups excluding tert-OH is 1. The molecule has 1 aromatic heterocycles. The molecule has 1 aromatic carbocycles. The van der Waals surface area contributed by atoms with Crippen molar-refractivity contribution >= 4 is 12.4 Å². The minimum absolute atomic E-state index is 0. The Labute approximate surface area is 125 Å². The van der Waals surface area contributed by atoms with Gasteiger partial charge in [-0.15, -0.1) is 12.4 Å². The number of aryl methyl sites for hydroxylation is 1. The Morgan fingerprint density at radius 2 is 1.95 bits per heavy atom.